The summed E-state index contributed by atoms with van der Waals surface area (Å²) in [6.45, 7) is 3.82. The van der Waals surface area contributed by atoms with Crippen LogP contribution < -0.4 is 10.1 Å². The van der Waals surface area contributed by atoms with Crippen molar-refractivity contribution in [2.24, 2.45) is 4.99 Å². The molecule has 0 fully saturated rings. The first kappa shape index (κ1) is 18.2. The summed E-state index contributed by atoms with van der Waals surface area (Å²) in [5.74, 6) is 1.66. The van der Waals surface area contributed by atoms with Crippen molar-refractivity contribution in [1.82, 2.24) is 5.32 Å². The van der Waals surface area contributed by atoms with Gasteiger partial charge in [0.15, 0.2) is 0 Å². The van der Waals surface area contributed by atoms with Crippen LogP contribution in [0, 0.1) is 0 Å². The van der Waals surface area contributed by atoms with E-state index < -0.39 is 3.90 Å². The standard InChI is InChI=1S/C20H21BrN2OS/c1-3-13-25-20(21)22-18(15-7-5-4-6-8-15)14-19(23-20)16-9-11-17(24-2)12-10-16/h3-12,18,22H,1,13-14H2,2H3/t18-,20+/m0/s1. The van der Waals surface area contributed by atoms with Gasteiger partial charge in [-0.1, -0.05) is 36.4 Å². The van der Waals surface area contributed by atoms with E-state index in [1.54, 1.807) is 18.9 Å². The Balaban J connectivity index is 1.94. The Kier molecular flexibility index (Phi) is 5.99. The van der Waals surface area contributed by atoms with Crippen LogP contribution in [0.4, 0.5) is 0 Å². The van der Waals surface area contributed by atoms with E-state index >= 15 is 0 Å². The predicted molar refractivity (Wildman–Crippen MR) is 111 cm³/mol. The van der Waals surface area contributed by atoms with Crippen molar-refractivity contribution in [2.45, 2.75) is 16.4 Å². The monoisotopic (exact) mass is 416 g/mol. The van der Waals surface area contributed by atoms with E-state index in [0.29, 0.717) is 0 Å². The summed E-state index contributed by atoms with van der Waals surface area (Å²) >= 11 is 5.47. The van der Waals surface area contributed by atoms with Crippen LogP contribution in [0.5, 0.6) is 5.75 Å². The van der Waals surface area contributed by atoms with Crippen molar-refractivity contribution < 1.29 is 4.74 Å². The Morgan fingerprint density at radius 1 is 1.28 bits per heavy atom. The number of nitrogens with one attached hydrogen (secondary N) is 1. The van der Waals surface area contributed by atoms with Crippen LogP contribution in [0.25, 0.3) is 0 Å². The third kappa shape index (κ3) is 4.54. The van der Waals surface area contributed by atoms with E-state index in [4.69, 9.17) is 9.73 Å². The van der Waals surface area contributed by atoms with E-state index in [1.807, 2.05) is 24.3 Å². The average Bonchev–Trinajstić information content (AvgIpc) is 2.67. The van der Waals surface area contributed by atoms with Crippen LogP contribution in [0.1, 0.15) is 23.6 Å². The van der Waals surface area contributed by atoms with E-state index in [-0.39, 0.29) is 6.04 Å². The second-order valence-electron chi connectivity index (χ2n) is 5.76. The number of ether oxygens (including phenoxy) is 1. The molecule has 2 atom stereocenters. The molecule has 1 aliphatic rings. The van der Waals surface area contributed by atoms with Crippen molar-refractivity contribution in [1.29, 1.82) is 0 Å². The lowest BCUT2D eigenvalue weighted by Gasteiger charge is -2.35. The number of benzene rings is 2. The van der Waals surface area contributed by atoms with Crippen LogP contribution in [0.15, 0.2) is 72.2 Å². The fourth-order valence-corrected chi connectivity index (χ4v) is 4.43. The zero-order valence-electron chi connectivity index (χ0n) is 14.1. The van der Waals surface area contributed by atoms with Gasteiger partial charge in [-0.25, -0.2) is 4.99 Å². The number of hydrogen-bond donors (Lipinski definition) is 1. The molecule has 1 aliphatic heterocycles. The van der Waals surface area contributed by atoms with Crippen molar-refractivity contribution >= 4 is 33.4 Å². The molecule has 0 saturated carbocycles. The summed E-state index contributed by atoms with van der Waals surface area (Å²) in [6, 6.07) is 18.8. The highest BCUT2D eigenvalue weighted by atomic mass is 79.9. The van der Waals surface area contributed by atoms with E-state index in [1.165, 1.54) is 5.56 Å². The van der Waals surface area contributed by atoms with E-state index in [2.05, 4.69) is 64.2 Å². The van der Waals surface area contributed by atoms with Crippen LogP contribution in [0.2, 0.25) is 0 Å². The van der Waals surface area contributed by atoms with Gasteiger partial charge in [-0.3, -0.25) is 5.32 Å². The number of aliphatic imine (C=N–C) groups is 1. The molecule has 3 rings (SSSR count). The van der Waals surface area contributed by atoms with Gasteiger partial charge in [-0.2, -0.15) is 0 Å². The summed E-state index contributed by atoms with van der Waals surface area (Å²) in [6.07, 6.45) is 2.72. The van der Waals surface area contributed by atoms with Crippen LogP contribution in [0.3, 0.4) is 0 Å². The molecule has 2 aromatic rings. The van der Waals surface area contributed by atoms with Gasteiger partial charge in [-0.15, -0.1) is 18.3 Å². The number of halogens is 1. The number of thioether (sulfide) groups is 1. The zero-order chi connectivity index (χ0) is 17.7. The Hall–Kier alpha value is -1.56. The van der Waals surface area contributed by atoms with Crippen molar-refractivity contribution in [3.63, 3.8) is 0 Å². The number of methoxy groups -OCH3 is 1. The summed E-state index contributed by atoms with van der Waals surface area (Å²) in [7, 11) is 1.68. The first-order chi connectivity index (χ1) is 12.1. The average molecular weight is 417 g/mol. The summed E-state index contributed by atoms with van der Waals surface area (Å²) in [4.78, 5) is 4.95. The van der Waals surface area contributed by atoms with Gasteiger partial charge in [0.25, 0.3) is 0 Å². The molecule has 0 aliphatic carbocycles. The summed E-state index contributed by atoms with van der Waals surface area (Å²) in [5.41, 5.74) is 3.45. The molecule has 2 aromatic carbocycles. The molecule has 0 amide bonds. The number of nitrogens with zero attached hydrogens (tertiary/aromatic N) is 1. The van der Waals surface area contributed by atoms with Gasteiger partial charge in [0.05, 0.1) is 7.11 Å². The molecule has 1 N–H and O–H groups in total. The molecule has 130 valence electrons. The number of hydrogen-bond acceptors (Lipinski definition) is 4. The largest absolute Gasteiger partial charge is 0.497 e. The Labute approximate surface area is 161 Å². The first-order valence-electron chi connectivity index (χ1n) is 8.13. The lowest BCUT2D eigenvalue weighted by Crippen LogP contribution is -2.43. The van der Waals surface area contributed by atoms with Gasteiger partial charge in [0, 0.05) is 23.9 Å². The van der Waals surface area contributed by atoms with Crippen LogP contribution in [-0.4, -0.2) is 22.5 Å². The van der Waals surface area contributed by atoms with Gasteiger partial charge in [-0.05, 0) is 51.3 Å². The molecule has 0 unspecified atom stereocenters. The fourth-order valence-electron chi connectivity index (χ4n) is 2.81. The van der Waals surface area contributed by atoms with Gasteiger partial charge < -0.3 is 4.74 Å². The third-order valence-corrected chi connectivity index (χ3v) is 6.13. The quantitative estimate of drug-likeness (QED) is 0.401. The normalized spacial score (nSPS) is 23.0. The smallest absolute Gasteiger partial charge is 0.215 e. The summed E-state index contributed by atoms with van der Waals surface area (Å²) in [5, 5.41) is 3.62. The van der Waals surface area contributed by atoms with Gasteiger partial charge in [0.1, 0.15) is 5.75 Å². The first-order valence-corrected chi connectivity index (χ1v) is 9.91. The second kappa shape index (κ2) is 8.21. The molecule has 0 bridgehead atoms. The molecule has 0 radical (unpaired) electrons. The Morgan fingerprint density at radius 2 is 2.00 bits per heavy atom. The SMILES string of the molecule is C=CCS[C@@]1(Br)N=C(c2ccc(OC)cc2)C[C@@H](c2ccccc2)N1. The molecule has 5 heteroatoms. The Bertz CT molecular complexity index is 748. The molecule has 0 spiro atoms. The molecule has 25 heavy (non-hydrogen) atoms. The zero-order valence-corrected chi connectivity index (χ0v) is 16.5. The summed E-state index contributed by atoms with van der Waals surface area (Å²) < 4.78 is 4.70. The molecule has 0 saturated heterocycles. The van der Waals surface area contributed by atoms with Gasteiger partial charge >= 0.3 is 0 Å². The molecular weight excluding hydrogens is 396 g/mol. The van der Waals surface area contributed by atoms with Gasteiger partial charge in [0.2, 0.25) is 3.90 Å². The second-order valence-corrected chi connectivity index (χ2v) is 8.65. The lowest BCUT2D eigenvalue weighted by atomic mass is 9.96. The lowest BCUT2D eigenvalue weighted by molar-refractivity contribution is 0.415. The van der Waals surface area contributed by atoms with Crippen LogP contribution >= 0.6 is 27.7 Å². The minimum Gasteiger partial charge on any atom is -0.497 e. The highest BCUT2D eigenvalue weighted by Gasteiger charge is 2.35. The molecular formula is C20H21BrN2OS. The highest BCUT2D eigenvalue weighted by molar-refractivity contribution is 9.11. The van der Waals surface area contributed by atoms with E-state index in [0.717, 1.165) is 29.2 Å². The Morgan fingerprint density at radius 3 is 2.64 bits per heavy atom. The predicted octanol–water partition coefficient (Wildman–Crippen LogP) is 5.14. The highest BCUT2D eigenvalue weighted by Crippen LogP contribution is 2.39. The minimum absolute atomic E-state index is 0.187. The molecule has 3 nitrogen and oxygen atoms in total. The maximum atomic E-state index is 5.26. The minimum atomic E-state index is -0.560. The van der Waals surface area contributed by atoms with E-state index in [9.17, 15) is 0 Å². The fraction of sp³-hybridized carbons (Fsp3) is 0.250. The topological polar surface area (TPSA) is 33.6 Å². The molecule has 0 aromatic heterocycles. The maximum absolute atomic E-state index is 5.26. The number of alkyl halides is 1. The van der Waals surface area contributed by atoms with Crippen molar-refractivity contribution in [2.75, 3.05) is 12.9 Å². The van der Waals surface area contributed by atoms with Crippen LogP contribution in [-0.2, 0) is 0 Å². The number of rotatable bonds is 6. The third-order valence-electron chi connectivity index (χ3n) is 4.05. The van der Waals surface area contributed by atoms with Crippen molar-refractivity contribution in [3.8, 4) is 5.75 Å². The molecule has 1 heterocycles. The van der Waals surface area contributed by atoms with Crippen molar-refractivity contribution in [3.05, 3.63) is 78.4 Å². The maximum Gasteiger partial charge on any atom is 0.215 e.